The highest BCUT2D eigenvalue weighted by atomic mass is 32.2. The van der Waals surface area contributed by atoms with Gasteiger partial charge in [0, 0.05) is 13.1 Å². The van der Waals surface area contributed by atoms with Gasteiger partial charge in [0.15, 0.2) is 0 Å². The van der Waals surface area contributed by atoms with Crippen molar-refractivity contribution in [1.82, 2.24) is 4.31 Å². The van der Waals surface area contributed by atoms with Crippen molar-refractivity contribution in [3.63, 3.8) is 0 Å². The average molecular weight is 500 g/mol. The van der Waals surface area contributed by atoms with Gasteiger partial charge in [-0.15, -0.1) is 0 Å². The molecule has 0 N–H and O–H groups in total. The second-order valence-corrected chi connectivity index (χ2v) is 12.3. The summed E-state index contributed by atoms with van der Waals surface area (Å²) in [5.41, 5.74) is 2.32. The maximum Gasteiger partial charge on any atom is 0.243 e. The van der Waals surface area contributed by atoms with Gasteiger partial charge in [-0.3, -0.25) is 0 Å². The lowest BCUT2D eigenvalue weighted by molar-refractivity contribution is 0.240. The number of methoxy groups -OCH3 is 1. The molecule has 0 spiro atoms. The van der Waals surface area contributed by atoms with Crippen LogP contribution in [0.15, 0.2) is 53.4 Å². The van der Waals surface area contributed by atoms with Crippen LogP contribution in [-0.2, 0) is 16.4 Å². The first-order valence-corrected chi connectivity index (χ1v) is 15.1. The molecule has 194 valence electrons. The summed E-state index contributed by atoms with van der Waals surface area (Å²) >= 11 is 0. The van der Waals surface area contributed by atoms with E-state index in [-0.39, 0.29) is 0 Å². The number of sulfonamides is 1. The topological polar surface area (TPSA) is 46.6 Å². The fraction of sp³-hybridized carbons (Fsp3) is 0.600. The van der Waals surface area contributed by atoms with Crippen LogP contribution in [0.3, 0.4) is 0 Å². The van der Waals surface area contributed by atoms with E-state index in [4.69, 9.17) is 4.74 Å². The second kappa shape index (κ2) is 14.0. The highest BCUT2D eigenvalue weighted by Gasteiger charge is 2.28. The van der Waals surface area contributed by atoms with E-state index >= 15 is 0 Å². The number of rotatable bonds is 14. The van der Waals surface area contributed by atoms with E-state index < -0.39 is 10.0 Å². The second-order valence-electron chi connectivity index (χ2n) is 10.3. The predicted octanol–water partition coefficient (Wildman–Crippen LogP) is 7.40. The number of hydrogen-bond acceptors (Lipinski definition) is 3. The van der Waals surface area contributed by atoms with Gasteiger partial charge in [-0.1, -0.05) is 81.3 Å². The Morgan fingerprint density at radius 2 is 1.71 bits per heavy atom. The molecule has 4 nitrogen and oxygen atoms in total. The van der Waals surface area contributed by atoms with Crippen LogP contribution in [0.2, 0.25) is 0 Å². The summed E-state index contributed by atoms with van der Waals surface area (Å²) < 4.78 is 34.7. The normalized spacial score (nSPS) is 15.9. The predicted molar refractivity (Wildman–Crippen MR) is 145 cm³/mol. The largest absolute Gasteiger partial charge is 0.496 e. The quantitative estimate of drug-likeness (QED) is 0.272. The Morgan fingerprint density at radius 1 is 1.00 bits per heavy atom. The SMILES string of the molecule is CCCCN(C[C@H](CCCc1ccccc1OC)CC1CCCCC1)S(=O)(=O)c1ccc(C)cc1. The van der Waals surface area contributed by atoms with Crippen LogP contribution in [0.1, 0.15) is 82.3 Å². The van der Waals surface area contributed by atoms with Crippen molar-refractivity contribution in [3.05, 3.63) is 59.7 Å². The molecule has 1 fully saturated rings. The monoisotopic (exact) mass is 499 g/mol. The summed E-state index contributed by atoms with van der Waals surface area (Å²) in [5, 5.41) is 0. The molecule has 5 heteroatoms. The molecule has 0 amide bonds. The van der Waals surface area contributed by atoms with E-state index in [2.05, 4.69) is 19.1 Å². The van der Waals surface area contributed by atoms with Gasteiger partial charge in [-0.25, -0.2) is 8.42 Å². The first-order chi connectivity index (χ1) is 16.9. The van der Waals surface area contributed by atoms with Crippen molar-refractivity contribution in [2.75, 3.05) is 20.2 Å². The molecule has 1 saturated carbocycles. The lowest BCUT2D eigenvalue weighted by Crippen LogP contribution is -2.37. The van der Waals surface area contributed by atoms with E-state index in [9.17, 15) is 8.42 Å². The van der Waals surface area contributed by atoms with Crippen LogP contribution in [-0.4, -0.2) is 32.9 Å². The summed E-state index contributed by atoms with van der Waals surface area (Å²) in [7, 11) is -1.77. The van der Waals surface area contributed by atoms with Gasteiger partial charge in [0.25, 0.3) is 0 Å². The molecule has 2 aromatic rings. The zero-order chi connectivity index (χ0) is 25.1. The molecule has 0 unspecified atom stereocenters. The van der Waals surface area contributed by atoms with Crippen molar-refractivity contribution >= 4 is 10.0 Å². The first kappa shape index (κ1) is 27.7. The third-order valence-corrected chi connectivity index (χ3v) is 9.40. The van der Waals surface area contributed by atoms with Crippen molar-refractivity contribution in [2.45, 2.75) is 89.4 Å². The number of para-hydroxylation sites is 1. The molecule has 0 bridgehead atoms. The molecule has 0 aromatic heterocycles. The fourth-order valence-electron chi connectivity index (χ4n) is 5.46. The molecule has 35 heavy (non-hydrogen) atoms. The third-order valence-electron chi connectivity index (χ3n) is 7.52. The van der Waals surface area contributed by atoms with Gasteiger partial charge in [0.05, 0.1) is 12.0 Å². The molecule has 1 aliphatic carbocycles. The smallest absolute Gasteiger partial charge is 0.243 e. The number of benzene rings is 2. The van der Waals surface area contributed by atoms with E-state index in [0.29, 0.717) is 23.9 Å². The molecule has 0 saturated heterocycles. The number of unbranched alkanes of at least 4 members (excludes halogenated alkanes) is 1. The average Bonchev–Trinajstić information content (AvgIpc) is 2.87. The Morgan fingerprint density at radius 3 is 2.40 bits per heavy atom. The zero-order valence-corrected chi connectivity index (χ0v) is 22.9. The van der Waals surface area contributed by atoms with Crippen molar-refractivity contribution in [2.24, 2.45) is 11.8 Å². The molecular formula is C30H45NO3S. The molecule has 3 rings (SSSR count). The van der Waals surface area contributed by atoms with Gasteiger partial charge >= 0.3 is 0 Å². The molecule has 0 radical (unpaired) electrons. The summed E-state index contributed by atoms with van der Waals surface area (Å²) in [6.45, 7) is 5.34. The first-order valence-electron chi connectivity index (χ1n) is 13.6. The minimum Gasteiger partial charge on any atom is -0.496 e. The lowest BCUT2D eigenvalue weighted by atomic mass is 9.81. The number of ether oxygens (including phenoxy) is 1. The van der Waals surface area contributed by atoms with E-state index in [1.807, 2.05) is 31.2 Å². The van der Waals surface area contributed by atoms with Crippen LogP contribution in [0, 0.1) is 18.8 Å². The van der Waals surface area contributed by atoms with Crippen LogP contribution in [0.5, 0.6) is 5.75 Å². The van der Waals surface area contributed by atoms with Crippen molar-refractivity contribution in [3.8, 4) is 5.75 Å². The molecule has 0 aliphatic heterocycles. The van der Waals surface area contributed by atoms with E-state index in [0.717, 1.165) is 55.8 Å². The van der Waals surface area contributed by atoms with Gasteiger partial charge in [0.2, 0.25) is 10.0 Å². The van der Waals surface area contributed by atoms with Crippen LogP contribution < -0.4 is 4.74 Å². The van der Waals surface area contributed by atoms with Gasteiger partial charge in [0.1, 0.15) is 5.75 Å². The highest BCUT2D eigenvalue weighted by molar-refractivity contribution is 7.89. The highest BCUT2D eigenvalue weighted by Crippen LogP contribution is 2.32. The summed E-state index contributed by atoms with van der Waals surface area (Å²) in [4.78, 5) is 0.421. The molecule has 2 aromatic carbocycles. The lowest BCUT2D eigenvalue weighted by Gasteiger charge is -2.31. The number of nitrogens with zero attached hydrogens (tertiary/aromatic N) is 1. The minimum atomic E-state index is -3.50. The van der Waals surface area contributed by atoms with Gasteiger partial charge in [-0.2, -0.15) is 4.31 Å². The molecule has 1 atom stereocenters. The minimum absolute atomic E-state index is 0.380. The maximum atomic E-state index is 13.7. The van der Waals surface area contributed by atoms with E-state index in [1.54, 1.807) is 23.5 Å². The van der Waals surface area contributed by atoms with Crippen molar-refractivity contribution in [1.29, 1.82) is 0 Å². The summed E-state index contributed by atoms with van der Waals surface area (Å²) in [6, 6.07) is 15.6. The molecule has 0 heterocycles. The van der Waals surface area contributed by atoms with Gasteiger partial charge in [-0.05, 0) is 74.6 Å². The Kier molecular flexibility index (Phi) is 11.1. The van der Waals surface area contributed by atoms with Crippen molar-refractivity contribution < 1.29 is 13.2 Å². The third kappa shape index (κ3) is 8.35. The van der Waals surface area contributed by atoms with Crippen LogP contribution in [0.25, 0.3) is 0 Å². The number of hydrogen-bond donors (Lipinski definition) is 0. The maximum absolute atomic E-state index is 13.7. The summed E-state index contributed by atoms with van der Waals surface area (Å²) in [5.74, 6) is 2.06. The summed E-state index contributed by atoms with van der Waals surface area (Å²) in [6.07, 6.45) is 12.6. The Balaban J connectivity index is 1.75. The van der Waals surface area contributed by atoms with E-state index in [1.165, 1.54) is 37.7 Å². The van der Waals surface area contributed by atoms with Crippen LogP contribution >= 0.6 is 0 Å². The fourth-order valence-corrected chi connectivity index (χ4v) is 7.01. The molecular weight excluding hydrogens is 454 g/mol. The Labute approximate surface area is 214 Å². The zero-order valence-electron chi connectivity index (χ0n) is 22.0. The number of aryl methyl sites for hydroxylation is 2. The Hall–Kier alpha value is -1.85. The Bertz CT molecular complexity index is 981. The molecule has 1 aliphatic rings. The van der Waals surface area contributed by atoms with Gasteiger partial charge < -0.3 is 4.74 Å². The standard InChI is InChI=1S/C30H45NO3S/c1-4-5-22-31(35(32,33)29-20-18-25(2)19-21-29)24-27(23-26-12-7-6-8-13-26)14-11-16-28-15-9-10-17-30(28)34-3/h9-10,15,17-21,26-27H,4-8,11-14,16,22-24H2,1-3H3/t27-/m1/s1. The van der Waals surface area contributed by atoms with Crippen LogP contribution in [0.4, 0.5) is 0 Å².